The second-order valence-corrected chi connectivity index (χ2v) is 5.25. The van der Waals surface area contributed by atoms with Gasteiger partial charge in [-0.15, -0.1) is 0 Å². The highest BCUT2D eigenvalue weighted by Gasteiger charge is 2.24. The Morgan fingerprint density at radius 2 is 2.15 bits per heavy atom. The number of carbonyl (C=O) groups excluding carboxylic acids is 1. The number of nitrogens with zero attached hydrogens (tertiary/aromatic N) is 3. The summed E-state index contributed by atoms with van der Waals surface area (Å²) in [5.74, 6) is 2.38. The smallest absolute Gasteiger partial charge is 0.220 e. The van der Waals surface area contributed by atoms with Crippen LogP contribution in [0.4, 0.5) is 11.6 Å². The molecule has 0 aliphatic carbocycles. The van der Waals surface area contributed by atoms with Crippen LogP contribution in [0.15, 0.2) is 6.07 Å². The van der Waals surface area contributed by atoms with E-state index in [1.807, 2.05) is 13.0 Å². The number of anilines is 2. The maximum atomic E-state index is 11.2. The number of amides is 1. The van der Waals surface area contributed by atoms with E-state index < -0.39 is 0 Å². The van der Waals surface area contributed by atoms with Gasteiger partial charge in [0, 0.05) is 31.6 Å². The van der Waals surface area contributed by atoms with Gasteiger partial charge in [-0.25, -0.2) is 9.97 Å². The standard InChI is InChI=1S/C14H23N5O/c1-3-6-16-12-9-13(18-10(2)17-12)19-7-4-11(5-8-19)14(15)20/h9,11H,3-8H2,1-2H3,(H2,15,20)(H,16,17,18). The second-order valence-electron chi connectivity index (χ2n) is 5.25. The number of piperidine rings is 1. The van der Waals surface area contributed by atoms with Gasteiger partial charge in [-0.05, 0) is 26.2 Å². The molecule has 20 heavy (non-hydrogen) atoms. The van der Waals surface area contributed by atoms with E-state index in [-0.39, 0.29) is 11.8 Å². The van der Waals surface area contributed by atoms with E-state index in [0.29, 0.717) is 0 Å². The highest BCUT2D eigenvalue weighted by atomic mass is 16.1. The first-order chi connectivity index (χ1) is 9.60. The van der Waals surface area contributed by atoms with Crippen molar-refractivity contribution < 1.29 is 4.79 Å². The van der Waals surface area contributed by atoms with Crippen LogP contribution < -0.4 is 16.0 Å². The Morgan fingerprint density at radius 3 is 2.75 bits per heavy atom. The lowest BCUT2D eigenvalue weighted by Crippen LogP contribution is -2.39. The number of hydrogen-bond donors (Lipinski definition) is 2. The number of nitrogens with two attached hydrogens (primary N) is 1. The van der Waals surface area contributed by atoms with Crippen molar-refractivity contribution in [2.24, 2.45) is 11.7 Å². The molecule has 1 fully saturated rings. The average Bonchev–Trinajstić information content (AvgIpc) is 2.44. The third kappa shape index (κ3) is 3.59. The summed E-state index contributed by atoms with van der Waals surface area (Å²) in [4.78, 5) is 22.3. The van der Waals surface area contributed by atoms with Crippen LogP contribution in [0.25, 0.3) is 0 Å². The fourth-order valence-corrected chi connectivity index (χ4v) is 2.45. The van der Waals surface area contributed by atoms with Crippen molar-refractivity contribution in [3.05, 3.63) is 11.9 Å². The van der Waals surface area contributed by atoms with E-state index >= 15 is 0 Å². The lowest BCUT2D eigenvalue weighted by atomic mass is 9.96. The second kappa shape index (κ2) is 6.54. The zero-order chi connectivity index (χ0) is 14.5. The molecule has 0 atom stereocenters. The van der Waals surface area contributed by atoms with Gasteiger partial charge in [-0.3, -0.25) is 4.79 Å². The molecule has 0 spiro atoms. The molecule has 0 radical (unpaired) electrons. The Hall–Kier alpha value is -1.85. The number of hydrogen-bond acceptors (Lipinski definition) is 5. The van der Waals surface area contributed by atoms with E-state index in [9.17, 15) is 4.79 Å². The van der Waals surface area contributed by atoms with Crippen molar-refractivity contribution in [3.63, 3.8) is 0 Å². The molecule has 1 aromatic heterocycles. The van der Waals surface area contributed by atoms with Gasteiger partial charge < -0.3 is 16.0 Å². The van der Waals surface area contributed by atoms with E-state index in [4.69, 9.17) is 5.73 Å². The lowest BCUT2D eigenvalue weighted by Gasteiger charge is -2.31. The molecule has 1 aromatic rings. The van der Waals surface area contributed by atoms with Crippen molar-refractivity contribution in [1.82, 2.24) is 9.97 Å². The molecule has 2 heterocycles. The van der Waals surface area contributed by atoms with Gasteiger partial charge in [0.25, 0.3) is 0 Å². The van der Waals surface area contributed by atoms with Crippen molar-refractivity contribution >= 4 is 17.5 Å². The molecular formula is C14H23N5O. The molecule has 3 N–H and O–H groups in total. The first-order valence-corrected chi connectivity index (χ1v) is 7.24. The van der Waals surface area contributed by atoms with Gasteiger partial charge in [-0.1, -0.05) is 6.92 Å². The normalized spacial score (nSPS) is 16.2. The van der Waals surface area contributed by atoms with E-state index in [1.54, 1.807) is 0 Å². The largest absolute Gasteiger partial charge is 0.370 e. The zero-order valence-corrected chi connectivity index (χ0v) is 12.2. The van der Waals surface area contributed by atoms with Crippen LogP contribution in [-0.4, -0.2) is 35.5 Å². The van der Waals surface area contributed by atoms with Crippen LogP contribution >= 0.6 is 0 Å². The molecule has 1 saturated heterocycles. The van der Waals surface area contributed by atoms with E-state index in [2.05, 4.69) is 27.1 Å². The summed E-state index contributed by atoms with van der Waals surface area (Å²) in [6.45, 7) is 6.56. The summed E-state index contributed by atoms with van der Waals surface area (Å²) < 4.78 is 0. The number of nitrogens with one attached hydrogen (secondary N) is 1. The Bertz CT molecular complexity index is 469. The summed E-state index contributed by atoms with van der Waals surface area (Å²) >= 11 is 0. The van der Waals surface area contributed by atoms with Crippen molar-refractivity contribution in [1.29, 1.82) is 0 Å². The Kier molecular flexibility index (Phi) is 4.76. The average molecular weight is 277 g/mol. The molecule has 2 rings (SSSR count). The number of aromatic nitrogens is 2. The quantitative estimate of drug-likeness (QED) is 0.847. The minimum Gasteiger partial charge on any atom is -0.370 e. The van der Waals surface area contributed by atoms with E-state index in [1.165, 1.54) is 0 Å². The molecular weight excluding hydrogens is 254 g/mol. The minimum absolute atomic E-state index is 0.00636. The Labute approximate surface area is 119 Å². The number of carbonyl (C=O) groups is 1. The first kappa shape index (κ1) is 14.6. The van der Waals surface area contributed by atoms with E-state index in [0.717, 1.165) is 56.4 Å². The van der Waals surface area contributed by atoms with Crippen LogP contribution in [0.1, 0.15) is 32.0 Å². The number of aryl methyl sites for hydroxylation is 1. The number of primary amides is 1. The molecule has 110 valence electrons. The van der Waals surface area contributed by atoms with Gasteiger partial charge in [0.15, 0.2) is 0 Å². The first-order valence-electron chi connectivity index (χ1n) is 7.24. The molecule has 0 bridgehead atoms. The third-order valence-electron chi connectivity index (χ3n) is 3.60. The van der Waals surface area contributed by atoms with Crippen LogP contribution in [0.5, 0.6) is 0 Å². The Balaban J connectivity index is 2.05. The molecule has 1 aliphatic heterocycles. The summed E-state index contributed by atoms with van der Waals surface area (Å²) in [6, 6.07) is 1.98. The molecule has 0 aromatic carbocycles. The summed E-state index contributed by atoms with van der Waals surface area (Å²) in [5, 5.41) is 3.29. The zero-order valence-electron chi connectivity index (χ0n) is 12.2. The molecule has 1 aliphatic rings. The van der Waals surface area contributed by atoms with Gasteiger partial charge in [0.2, 0.25) is 5.91 Å². The Morgan fingerprint density at radius 1 is 1.45 bits per heavy atom. The van der Waals surface area contributed by atoms with Crippen LogP contribution in [0.2, 0.25) is 0 Å². The summed E-state index contributed by atoms with van der Waals surface area (Å²) in [6.07, 6.45) is 2.66. The minimum atomic E-state index is -0.186. The fraction of sp³-hybridized carbons (Fsp3) is 0.643. The topological polar surface area (TPSA) is 84.1 Å². The monoisotopic (exact) mass is 277 g/mol. The predicted octanol–water partition coefficient (Wildman–Crippen LogP) is 1.31. The van der Waals surface area contributed by atoms with Gasteiger partial charge in [-0.2, -0.15) is 0 Å². The van der Waals surface area contributed by atoms with Crippen LogP contribution in [0.3, 0.4) is 0 Å². The predicted molar refractivity (Wildman–Crippen MR) is 79.7 cm³/mol. The highest BCUT2D eigenvalue weighted by molar-refractivity contribution is 5.77. The van der Waals surface area contributed by atoms with Gasteiger partial charge in [0.05, 0.1) is 0 Å². The molecule has 0 saturated carbocycles. The highest BCUT2D eigenvalue weighted by Crippen LogP contribution is 2.23. The molecule has 6 nitrogen and oxygen atoms in total. The number of rotatable bonds is 5. The SMILES string of the molecule is CCCNc1cc(N2CCC(C(N)=O)CC2)nc(C)n1. The summed E-state index contributed by atoms with van der Waals surface area (Å²) in [5.41, 5.74) is 5.36. The maximum Gasteiger partial charge on any atom is 0.220 e. The molecule has 1 amide bonds. The third-order valence-corrected chi connectivity index (χ3v) is 3.60. The van der Waals surface area contributed by atoms with Crippen LogP contribution in [-0.2, 0) is 4.79 Å². The lowest BCUT2D eigenvalue weighted by molar-refractivity contribution is -0.122. The van der Waals surface area contributed by atoms with Crippen molar-refractivity contribution in [3.8, 4) is 0 Å². The summed E-state index contributed by atoms with van der Waals surface area (Å²) in [7, 11) is 0. The fourth-order valence-electron chi connectivity index (χ4n) is 2.45. The van der Waals surface area contributed by atoms with Crippen molar-refractivity contribution in [2.75, 3.05) is 29.9 Å². The molecule has 0 unspecified atom stereocenters. The molecule has 6 heteroatoms. The van der Waals surface area contributed by atoms with Gasteiger partial charge >= 0.3 is 0 Å². The van der Waals surface area contributed by atoms with Gasteiger partial charge in [0.1, 0.15) is 17.5 Å². The maximum absolute atomic E-state index is 11.2. The van der Waals surface area contributed by atoms with Crippen LogP contribution in [0, 0.1) is 12.8 Å². The van der Waals surface area contributed by atoms with Crippen molar-refractivity contribution in [2.45, 2.75) is 33.1 Å².